The van der Waals surface area contributed by atoms with Crippen molar-refractivity contribution < 1.29 is 9.21 Å². The molecule has 0 bridgehead atoms. The first-order valence-corrected chi connectivity index (χ1v) is 11.3. The second kappa shape index (κ2) is 9.01. The highest BCUT2D eigenvalue weighted by Gasteiger charge is 2.13. The number of hydrogen-bond acceptors (Lipinski definition) is 4. The van der Waals surface area contributed by atoms with E-state index in [0.717, 1.165) is 13.6 Å². The highest BCUT2D eigenvalue weighted by Crippen LogP contribution is 2.32. The summed E-state index contributed by atoms with van der Waals surface area (Å²) in [5.74, 6) is 0.198. The number of nitrogens with zero attached hydrogens (tertiary/aromatic N) is 1. The summed E-state index contributed by atoms with van der Waals surface area (Å²) in [4.78, 5) is 16.9. The lowest BCUT2D eigenvalue weighted by molar-refractivity contribution is 0.0977. The van der Waals surface area contributed by atoms with E-state index >= 15 is 0 Å². The van der Waals surface area contributed by atoms with Crippen molar-refractivity contribution >= 4 is 90.1 Å². The van der Waals surface area contributed by atoms with E-state index in [2.05, 4.69) is 54.1 Å². The molecule has 4 rings (SSSR count). The molecule has 0 aliphatic rings. The van der Waals surface area contributed by atoms with E-state index in [1.807, 2.05) is 30.3 Å². The fourth-order valence-corrected chi connectivity index (χ4v) is 3.96. The zero-order chi connectivity index (χ0) is 21.3. The van der Waals surface area contributed by atoms with Gasteiger partial charge < -0.3 is 9.73 Å². The van der Waals surface area contributed by atoms with Crippen molar-refractivity contribution in [2.45, 2.75) is 0 Å². The van der Waals surface area contributed by atoms with E-state index in [9.17, 15) is 4.79 Å². The topological polar surface area (TPSA) is 67.2 Å². The number of anilines is 1. The zero-order valence-electron chi connectivity index (χ0n) is 15.1. The second-order valence-corrected chi connectivity index (χ2v) is 9.19. The highest BCUT2D eigenvalue weighted by molar-refractivity contribution is 14.1. The molecule has 30 heavy (non-hydrogen) atoms. The van der Waals surface area contributed by atoms with Crippen LogP contribution in [0.5, 0.6) is 0 Å². The monoisotopic (exact) mass is 611 g/mol. The van der Waals surface area contributed by atoms with Crippen molar-refractivity contribution in [3.63, 3.8) is 0 Å². The van der Waals surface area contributed by atoms with E-state index < -0.39 is 0 Å². The van der Waals surface area contributed by atoms with Crippen LogP contribution in [0.15, 0.2) is 69.6 Å². The maximum Gasteiger partial charge on any atom is 0.257 e. The smallest absolute Gasteiger partial charge is 0.257 e. The molecular weight excluding hydrogens is 601 g/mol. The lowest BCUT2D eigenvalue weighted by Crippen LogP contribution is -2.34. The molecule has 0 saturated carbocycles. The van der Waals surface area contributed by atoms with Crippen LogP contribution in [-0.2, 0) is 0 Å². The largest absolute Gasteiger partial charge is 0.436 e. The minimum absolute atomic E-state index is 0.179. The lowest BCUT2D eigenvalue weighted by Gasteiger charge is -2.09. The molecule has 0 aliphatic carbocycles. The molecule has 4 aromatic rings. The lowest BCUT2D eigenvalue weighted by atomic mass is 10.2. The van der Waals surface area contributed by atoms with E-state index in [1.54, 1.807) is 30.3 Å². The Labute approximate surface area is 204 Å². The third-order valence-electron chi connectivity index (χ3n) is 4.14. The van der Waals surface area contributed by atoms with Gasteiger partial charge in [0, 0.05) is 24.3 Å². The van der Waals surface area contributed by atoms with Crippen molar-refractivity contribution in [1.29, 1.82) is 0 Å². The van der Waals surface area contributed by atoms with Gasteiger partial charge in [0.15, 0.2) is 10.7 Å². The fraction of sp³-hybridized carbons (Fsp3) is 0. The molecule has 9 heteroatoms. The van der Waals surface area contributed by atoms with Gasteiger partial charge in [0.05, 0.1) is 5.56 Å². The molecule has 1 heterocycles. The molecule has 1 aromatic heterocycles. The second-order valence-electron chi connectivity index (χ2n) is 6.24. The molecule has 2 N–H and O–H groups in total. The summed E-state index contributed by atoms with van der Waals surface area (Å²) in [5.41, 5.74) is 3.34. The Morgan fingerprint density at radius 1 is 1.10 bits per heavy atom. The van der Waals surface area contributed by atoms with Crippen LogP contribution in [0.4, 0.5) is 5.69 Å². The van der Waals surface area contributed by atoms with Gasteiger partial charge in [-0.25, -0.2) is 4.98 Å². The summed E-state index contributed by atoms with van der Waals surface area (Å²) >= 11 is 16.9. The van der Waals surface area contributed by atoms with Gasteiger partial charge >= 0.3 is 0 Å². The summed E-state index contributed by atoms with van der Waals surface area (Å²) < 4.78 is 7.88. The first-order valence-electron chi connectivity index (χ1n) is 8.63. The van der Waals surface area contributed by atoms with E-state index in [4.69, 9.17) is 28.2 Å². The van der Waals surface area contributed by atoms with Crippen LogP contribution < -0.4 is 10.6 Å². The third-order valence-corrected chi connectivity index (χ3v) is 5.96. The van der Waals surface area contributed by atoms with Crippen LogP contribution in [0.1, 0.15) is 10.4 Å². The predicted octanol–water partition coefficient (Wildman–Crippen LogP) is 6.64. The Hall–Kier alpha value is -2.01. The van der Waals surface area contributed by atoms with Crippen LogP contribution in [0.3, 0.4) is 0 Å². The fourth-order valence-electron chi connectivity index (χ4n) is 2.72. The molecule has 150 valence electrons. The number of thiocarbonyl (C=S) groups is 1. The number of nitrogens with one attached hydrogen (secondary N) is 2. The van der Waals surface area contributed by atoms with Gasteiger partial charge in [-0.2, -0.15) is 0 Å². The number of aromatic nitrogens is 1. The SMILES string of the molecule is O=C(NC(=S)Nc1ccc2oc(-c3cc(I)ccc3Br)nc2c1)c1ccc(Cl)cc1. The minimum Gasteiger partial charge on any atom is -0.436 e. The van der Waals surface area contributed by atoms with Crippen LogP contribution in [-0.4, -0.2) is 16.0 Å². The van der Waals surface area contributed by atoms with Crippen molar-refractivity contribution in [3.8, 4) is 11.5 Å². The maximum absolute atomic E-state index is 12.3. The van der Waals surface area contributed by atoms with E-state index in [1.165, 1.54) is 0 Å². The minimum atomic E-state index is -0.322. The average Bonchev–Trinajstić information content (AvgIpc) is 3.13. The van der Waals surface area contributed by atoms with Gasteiger partial charge in [-0.15, -0.1) is 0 Å². The number of hydrogen-bond donors (Lipinski definition) is 2. The summed E-state index contributed by atoms with van der Waals surface area (Å²) in [6, 6.07) is 17.9. The summed E-state index contributed by atoms with van der Waals surface area (Å²) in [6.45, 7) is 0. The van der Waals surface area contributed by atoms with Gasteiger partial charge in [0.2, 0.25) is 5.89 Å². The van der Waals surface area contributed by atoms with Crippen LogP contribution in [0.25, 0.3) is 22.6 Å². The number of carbonyl (C=O) groups excluding carboxylic acids is 1. The van der Waals surface area contributed by atoms with Crippen LogP contribution in [0.2, 0.25) is 5.02 Å². The van der Waals surface area contributed by atoms with Crippen molar-refractivity contribution in [3.05, 3.63) is 79.3 Å². The quantitative estimate of drug-likeness (QED) is 0.201. The zero-order valence-corrected chi connectivity index (χ0v) is 20.4. The molecule has 0 unspecified atom stereocenters. The standard InChI is InChI=1S/C21H12BrClIN3O2S/c22-16-7-5-13(24)9-15(16)20-26-17-10-14(6-8-18(17)29-20)25-21(30)27-19(28)11-1-3-12(23)4-2-11/h1-10H,(H2,25,27,28,30). The number of fused-ring (bicyclic) bond motifs is 1. The van der Waals surface area contributed by atoms with Gasteiger partial charge in [0.1, 0.15) is 5.52 Å². The number of rotatable bonds is 3. The summed E-state index contributed by atoms with van der Waals surface area (Å²) in [5, 5.41) is 6.38. The van der Waals surface area contributed by atoms with E-state index in [-0.39, 0.29) is 11.0 Å². The molecule has 0 spiro atoms. The van der Waals surface area contributed by atoms with Crippen molar-refractivity contribution in [2.24, 2.45) is 0 Å². The molecule has 5 nitrogen and oxygen atoms in total. The number of amides is 1. The number of benzene rings is 3. The molecule has 3 aromatic carbocycles. The maximum atomic E-state index is 12.3. The van der Waals surface area contributed by atoms with Gasteiger partial charge in [-0.1, -0.05) is 11.6 Å². The first-order chi connectivity index (χ1) is 14.4. The Balaban J connectivity index is 1.51. The van der Waals surface area contributed by atoms with Gasteiger partial charge in [-0.3, -0.25) is 10.1 Å². The molecule has 0 fully saturated rings. The third kappa shape index (κ3) is 4.83. The molecule has 0 atom stereocenters. The van der Waals surface area contributed by atoms with Gasteiger partial charge in [-0.05, 0) is 111 Å². The summed E-state index contributed by atoms with van der Waals surface area (Å²) in [7, 11) is 0. The molecule has 0 saturated heterocycles. The molecule has 0 aliphatic heterocycles. The Morgan fingerprint density at radius 2 is 1.87 bits per heavy atom. The van der Waals surface area contributed by atoms with Crippen molar-refractivity contribution in [2.75, 3.05) is 5.32 Å². The molecule has 0 radical (unpaired) electrons. The van der Waals surface area contributed by atoms with E-state index in [0.29, 0.717) is 33.3 Å². The average molecular weight is 613 g/mol. The number of oxazole rings is 1. The van der Waals surface area contributed by atoms with Crippen molar-refractivity contribution in [1.82, 2.24) is 10.3 Å². The summed E-state index contributed by atoms with van der Waals surface area (Å²) in [6.07, 6.45) is 0. The number of halogens is 3. The Bertz CT molecular complexity index is 1280. The first kappa shape index (κ1) is 21.2. The van der Waals surface area contributed by atoms with Gasteiger partial charge in [0.25, 0.3) is 5.91 Å². The normalized spacial score (nSPS) is 10.8. The number of carbonyl (C=O) groups is 1. The predicted molar refractivity (Wildman–Crippen MR) is 135 cm³/mol. The Kier molecular flexibility index (Phi) is 6.37. The highest BCUT2D eigenvalue weighted by atomic mass is 127. The van der Waals surface area contributed by atoms with Crippen LogP contribution >= 0.6 is 62.3 Å². The Morgan fingerprint density at radius 3 is 2.63 bits per heavy atom. The molecule has 1 amide bonds. The molecular formula is C21H12BrClIN3O2S. The van der Waals surface area contributed by atoms with Crippen LogP contribution in [0, 0.1) is 3.57 Å².